The molecule has 2 rings (SSSR count). The summed E-state index contributed by atoms with van der Waals surface area (Å²) < 4.78 is 0. The van der Waals surface area contributed by atoms with Crippen LogP contribution in [-0.4, -0.2) is 29.4 Å². The molecule has 0 spiro atoms. The Hall–Kier alpha value is -2.04. The number of benzene rings is 1. The molecule has 21 heavy (non-hydrogen) atoms. The molecule has 5 heteroatoms. The highest BCUT2D eigenvalue weighted by atomic mass is 16.2. The van der Waals surface area contributed by atoms with Gasteiger partial charge in [0, 0.05) is 13.1 Å². The first-order valence-electron chi connectivity index (χ1n) is 7.44. The Labute approximate surface area is 125 Å². The maximum absolute atomic E-state index is 12.7. The second kappa shape index (κ2) is 6.61. The molecule has 1 aliphatic rings. The van der Waals surface area contributed by atoms with Gasteiger partial charge in [0.1, 0.15) is 6.04 Å². The topological polar surface area (TPSA) is 75.4 Å². The number of rotatable bonds is 4. The van der Waals surface area contributed by atoms with Crippen LogP contribution in [-0.2, 0) is 17.8 Å². The molecule has 0 unspecified atom stereocenters. The number of amides is 3. The van der Waals surface area contributed by atoms with Crippen molar-refractivity contribution in [1.82, 2.24) is 10.2 Å². The molecular formula is C16H23N3O2. The van der Waals surface area contributed by atoms with Crippen LogP contribution in [0, 0.1) is 5.92 Å². The minimum Gasteiger partial charge on any atom is -0.352 e. The number of fused-ring (bicyclic) bond motifs is 1. The van der Waals surface area contributed by atoms with Crippen molar-refractivity contribution >= 4 is 11.9 Å². The molecule has 1 heterocycles. The molecule has 1 aromatic carbocycles. The van der Waals surface area contributed by atoms with Gasteiger partial charge in [-0.3, -0.25) is 4.79 Å². The van der Waals surface area contributed by atoms with Crippen molar-refractivity contribution in [3.8, 4) is 0 Å². The van der Waals surface area contributed by atoms with Crippen molar-refractivity contribution < 1.29 is 9.59 Å². The lowest BCUT2D eigenvalue weighted by molar-refractivity contribution is -0.135. The number of primary amides is 1. The molecule has 0 radical (unpaired) electrons. The first-order chi connectivity index (χ1) is 10.0. The lowest BCUT2D eigenvalue weighted by Gasteiger charge is -2.33. The quantitative estimate of drug-likeness (QED) is 0.884. The number of nitrogens with zero attached hydrogens (tertiary/aromatic N) is 1. The van der Waals surface area contributed by atoms with Crippen LogP contribution in [0.2, 0.25) is 0 Å². The predicted octanol–water partition coefficient (Wildman–Crippen LogP) is 1.65. The lowest BCUT2D eigenvalue weighted by atomic mass is 9.95. The van der Waals surface area contributed by atoms with Gasteiger partial charge in [-0.1, -0.05) is 44.5 Å². The molecular weight excluding hydrogens is 266 g/mol. The van der Waals surface area contributed by atoms with E-state index in [0.717, 1.165) is 12.8 Å². The molecule has 3 amide bonds. The molecule has 114 valence electrons. The van der Waals surface area contributed by atoms with Crippen LogP contribution in [0.25, 0.3) is 0 Å². The van der Waals surface area contributed by atoms with Gasteiger partial charge in [-0.15, -0.1) is 0 Å². The van der Waals surface area contributed by atoms with Crippen LogP contribution in [0.4, 0.5) is 4.79 Å². The highest BCUT2D eigenvalue weighted by Crippen LogP contribution is 2.20. The summed E-state index contributed by atoms with van der Waals surface area (Å²) in [5.41, 5.74) is 7.68. The Morgan fingerprint density at radius 1 is 1.33 bits per heavy atom. The number of urea groups is 1. The average molecular weight is 289 g/mol. The van der Waals surface area contributed by atoms with E-state index in [0.29, 0.717) is 13.1 Å². The third kappa shape index (κ3) is 3.54. The van der Waals surface area contributed by atoms with Gasteiger partial charge in [-0.25, -0.2) is 4.79 Å². The van der Waals surface area contributed by atoms with Gasteiger partial charge in [-0.2, -0.15) is 0 Å². The molecule has 0 bridgehead atoms. The summed E-state index contributed by atoms with van der Waals surface area (Å²) in [5, 5.41) is 2.60. The number of hydrogen-bond donors (Lipinski definition) is 2. The Balaban J connectivity index is 2.13. The van der Waals surface area contributed by atoms with Crippen LogP contribution in [0.15, 0.2) is 24.3 Å². The van der Waals surface area contributed by atoms with E-state index in [4.69, 9.17) is 5.73 Å². The van der Waals surface area contributed by atoms with E-state index in [1.807, 2.05) is 30.9 Å². The summed E-state index contributed by atoms with van der Waals surface area (Å²) in [6, 6.07) is 6.97. The average Bonchev–Trinajstić information content (AvgIpc) is 2.50. The molecule has 0 fully saturated rings. The molecule has 0 aromatic heterocycles. The highest BCUT2D eigenvalue weighted by molar-refractivity contribution is 5.87. The summed E-state index contributed by atoms with van der Waals surface area (Å²) in [5.74, 6) is 0.0137. The fourth-order valence-corrected chi connectivity index (χ4v) is 2.72. The number of nitrogens with two attached hydrogens (primary N) is 1. The van der Waals surface area contributed by atoms with E-state index < -0.39 is 12.1 Å². The molecule has 0 aliphatic carbocycles. The SMILES string of the molecule is CC[C@@H](C)[C@@H](NC(N)=O)C(=O)N1CCc2ccccc2C1. The third-order valence-electron chi connectivity index (χ3n) is 4.22. The molecule has 1 aliphatic heterocycles. The normalized spacial score (nSPS) is 16.8. The predicted molar refractivity (Wildman–Crippen MR) is 81.5 cm³/mol. The van der Waals surface area contributed by atoms with E-state index in [2.05, 4.69) is 17.4 Å². The van der Waals surface area contributed by atoms with Crippen molar-refractivity contribution in [3.05, 3.63) is 35.4 Å². The molecule has 0 saturated carbocycles. The van der Waals surface area contributed by atoms with E-state index >= 15 is 0 Å². The summed E-state index contributed by atoms with van der Waals surface area (Å²) in [4.78, 5) is 25.7. The van der Waals surface area contributed by atoms with E-state index in [-0.39, 0.29) is 11.8 Å². The Morgan fingerprint density at radius 3 is 2.62 bits per heavy atom. The molecule has 0 saturated heterocycles. The highest BCUT2D eigenvalue weighted by Gasteiger charge is 2.31. The minimum atomic E-state index is -0.647. The van der Waals surface area contributed by atoms with Crippen molar-refractivity contribution in [2.75, 3.05) is 6.54 Å². The van der Waals surface area contributed by atoms with Crippen molar-refractivity contribution in [3.63, 3.8) is 0 Å². The van der Waals surface area contributed by atoms with E-state index in [1.165, 1.54) is 11.1 Å². The van der Waals surface area contributed by atoms with Crippen LogP contribution in [0.3, 0.4) is 0 Å². The lowest BCUT2D eigenvalue weighted by Crippen LogP contribution is -2.53. The molecule has 5 nitrogen and oxygen atoms in total. The van der Waals surface area contributed by atoms with Gasteiger partial charge in [0.05, 0.1) is 0 Å². The van der Waals surface area contributed by atoms with Gasteiger partial charge < -0.3 is 16.0 Å². The zero-order valence-electron chi connectivity index (χ0n) is 12.6. The summed E-state index contributed by atoms with van der Waals surface area (Å²) >= 11 is 0. The maximum atomic E-state index is 12.7. The van der Waals surface area contributed by atoms with Crippen molar-refractivity contribution in [1.29, 1.82) is 0 Å². The van der Waals surface area contributed by atoms with Gasteiger partial charge in [0.25, 0.3) is 0 Å². The molecule has 2 atom stereocenters. The summed E-state index contributed by atoms with van der Waals surface area (Å²) in [6.45, 7) is 5.24. The zero-order valence-corrected chi connectivity index (χ0v) is 12.6. The first-order valence-corrected chi connectivity index (χ1v) is 7.44. The number of carbonyl (C=O) groups excluding carboxylic acids is 2. The Kier molecular flexibility index (Phi) is 4.83. The number of hydrogen-bond acceptors (Lipinski definition) is 2. The minimum absolute atomic E-state index is 0.0438. The van der Waals surface area contributed by atoms with Gasteiger partial charge in [0.15, 0.2) is 0 Å². The standard InChI is InChI=1S/C16H23N3O2/c1-3-11(2)14(18-16(17)21)15(20)19-9-8-12-6-4-5-7-13(12)10-19/h4-7,11,14H,3,8-10H2,1-2H3,(H3,17,18,21)/t11-,14-/m1/s1. The van der Waals surface area contributed by atoms with Gasteiger partial charge in [-0.05, 0) is 23.5 Å². The van der Waals surface area contributed by atoms with Gasteiger partial charge >= 0.3 is 6.03 Å². The number of carbonyl (C=O) groups is 2. The van der Waals surface area contributed by atoms with Gasteiger partial charge in [0.2, 0.25) is 5.91 Å². The summed E-state index contributed by atoms with van der Waals surface area (Å²) in [7, 11) is 0. The molecule has 3 N–H and O–H groups in total. The Bertz CT molecular complexity index is 530. The fourth-order valence-electron chi connectivity index (χ4n) is 2.72. The monoisotopic (exact) mass is 289 g/mol. The van der Waals surface area contributed by atoms with Crippen LogP contribution >= 0.6 is 0 Å². The maximum Gasteiger partial charge on any atom is 0.312 e. The number of nitrogens with one attached hydrogen (secondary N) is 1. The summed E-state index contributed by atoms with van der Waals surface area (Å²) in [6.07, 6.45) is 1.66. The van der Waals surface area contributed by atoms with Crippen LogP contribution in [0.1, 0.15) is 31.4 Å². The zero-order chi connectivity index (χ0) is 15.4. The third-order valence-corrected chi connectivity index (χ3v) is 4.22. The molecule has 1 aromatic rings. The largest absolute Gasteiger partial charge is 0.352 e. The van der Waals surface area contributed by atoms with Crippen molar-refractivity contribution in [2.24, 2.45) is 11.7 Å². The second-order valence-electron chi connectivity index (χ2n) is 5.65. The van der Waals surface area contributed by atoms with E-state index in [9.17, 15) is 9.59 Å². The van der Waals surface area contributed by atoms with Crippen molar-refractivity contribution in [2.45, 2.75) is 39.3 Å². The first kappa shape index (κ1) is 15.4. The van der Waals surface area contributed by atoms with Crippen LogP contribution < -0.4 is 11.1 Å². The van der Waals surface area contributed by atoms with E-state index in [1.54, 1.807) is 0 Å². The Morgan fingerprint density at radius 2 is 2.00 bits per heavy atom. The second-order valence-corrected chi connectivity index (χ2v) is 5.65. The van der Waals surface area contributed by atoms with Crippen LogP contribution in [0.5, 0.6) is 0 Å². The fraction of sp³-hybridized carbons (Fsp3) is 0.500. The smallest absolute Gasteiger partial charge is 0.312 e.